The third kappa shape index (κ3) is 6.30. The van der Waals surface area contributed by atoms with Gasteiger partial charge in [0.15, 0.2) is 16.7 Å². The molecular weight excluding hydrogens is 464 g/mol. The number of rotatable bonds is 9. The summed E-state index contributed by atoms with van der Waals surface area (Å²) in [6.45, 7) is 4.57. The largest absolute Gasteiger partial charge is 0.461 e. The lowest BCUT2D eigenvalue weighted by atomic mass is 10.1. The Morgan fingerprint density at radius 1 is 0.971 bits per heavy atom. The number of benzene rings is 2. The molecule has 1 atom stereocenters. The fraction of sp³-hybridized carbons (Fsp3) is 0.200. The summed E-state index contributed by atoms with van der Waals surface area (Å²) in [6, 6.07) is 19.7. The summed E-state index contributed by atoms with van der Waals surface area (Å²) in [7, 11) is 0. The number of aromatic nitrogens is 3. The van der Waals surface area contributed by atoms with Gasteiger partial charge in [-0.05, 0) is 55.8 Å². The lowest BCUT2D eigenvalue weighted by molar-refractivity contribution is -0.119. The molecule has 2 aromatic heterocycles. The maximum Gasteiger partial charge on any atom is 0.323 e. The number of hydrogen-bond acceptors (Lipinski definition) is 6. The van der Waals surface area contributed by atoms with Gasteiger partial charge in [0.1, 0.15) is 0 Å². The van der Waals surface area contributed by atoms with Crippen LogP contribution in [0.3, 0.4) is 0 Å². The van der Waals surface area contributed by atoms with Gasteiger partial charge in [-0.1, -0.05) is 42.1 Å². The predicted octanol–water partition coefficient (Wildman–Crippen LogP) is 5.17. The maximum atomic E-state index is 12.5. The van der Waals surface area contributed by atoms with Crippen LogP contribution in [0.1, 0.15) is 25.5 Å². The monoisotopic (exact) mass is 490 g/mol. The van der Waals surface area contributed by atoms with Crippen molar-refractivity contribution in [3.8, 4) is 11.6 Å². The molecule has 0 bridgehead atoms. The summed E-state index contributed by atoms with van der Waals surface area (Å²) in [6.07, 6.45) is 1.59. The smallest absolute Gasteiger partial charge is 0.323 e. The standard InChI is InChI=1S/C25H26N6O3S/c1-3-31-23(21-10-7-15-34-21)29-30-25(31)35-16-22(32)26-17(2)18-11-13-20(14-12-18)28-24(33)27-19-8-5-4-6-9-19/h4-15,17H,3,16H2,1-2H3,(H,26,32)(H2,27,28,33). The number of nitrogens with one attached hydrogen (secondary N) is 3. The van der Waals surface area contributed by atoms with Crippen molar-refractivity contribution < 1.29 is 14.0 Å². The number of amides is 3. The molecule has 2 heterocycles. The minimum absolute atomic E-state index is 0.114. The van der Waals surface area contributed by atoms with Crippen LogP contribution in [0.4, 0.5) is 16.2 Å². The number of carbonyl (C=O) groups is 2. The topological polar surface area (TPSA) is 114 Å². The minimum atomic E-state index is -0.322. The van der Waals surface area contributed by atoms with Crippen LogP contribution in [0.2, 0.25) is 0 Å². The van der Waals surface area contributed by atoms with Crippen LogP contribution in [0.15, 0.2) is 82.6 Å². The first kappa shape index (κ1) is 24.1. The van der Waals surface area contributed by atoms with Crippen LogP contribution >= 0.6 is 11.8 Å². The lowest BCUT2D eigenvalue weighted by Gasteiger charge is -2.15. The number of urea groups is 1. The Morgan fingerprint density at radius 3 is 2.34 bits per heavy atom. The second-order valence-corrected chi connectivity index (χ2v) is 8.62. The molecule has 10 heteroatoms. The second kappa shape index (κ2) is 11.4. The summed E-state index contributed by atoms with van der Waals surface area (Å²) in [5, 5.41) is 17.6. The number of para-hydroxylation sites is 1. The summed E-state index contributed by atoms with van der Waals surface area (Å²) in [4.78, 5) is 24.7. The van der Waals surface area contributed by atoms with Crippen LogP contribution in [0.25, 0.3) is 11.6 Å². The fourth-order valence-electron chi connectivity index (χ4n) is 3.44. The fourth-order valence-corrected chi connectivity index (χ4v) is 4.25. The van der Waals surface area contributed by atoms with E-state index in [2.05, 4.69) is 26.1 Å². The van der Waals surface area contributed by atoms with E-state index in [1.165, 1.54) is 11.8 Å². The highest BCUT2D eigenvalue weighted by atomic mass is 32.2. The van der Waals surface area contributed by atoms with Gasteiger partial charge in [0.25, 0.3) is 0 Å². The quantitative estimate of drug-likeness (QED) is 0.279. The van der Waals surface area contributed by atoms with E-state index < -0.39 is 0 Å². The van der Waals surface area contributed by atoms with Crippen molar-refractivity contribution >= 4 is 35.1 Å². The lowest BCUT2D eigenvalue weighted by Crippen LogP contribution is -2.28. The normalized spacial score (nSPS) is 11.6. The molecule has 180 valence electrons. The number of anilines is 2. The molecule has 2 aromatic carbocycles. The zero-order valence-electron chi connectivity index (χ0n) is 19.4. The number of nitrogens with zero attached hydrogens (tertiary/aromatic N) is 3. The first-order valence-corrected chi connectivity index (χ1v) is 12.1. The van der Waals surface area contributed by atoms with Gasteiger partial charge in [0.05, 0.1) is 18.1 Å². The van der Waals surface area contributed by atoms with Gasteiger partial charge in [-0.25, -0.2) is 4.79 Å². The van der Waals surface area contributed by atoms with E-state index in [-0.39, 0.29) is 23.7 Å². The molecule has 1 unspecified atom stereocenters. The van der Waals surface area contributed by atoms with Crippen LogP contribution in [-0.4, -0.2) is 32.5 Å². The molecule has 4 rings (SSSR count). The molecule has 0 saturated carbocycles. The van der Waals surface area contributed by atoms with E-state index in [1.54, 1.807) is 24.5 Å². The second-order valence-electron chi connectivity index (χ2n) is 7.67. The van der Waals surface area contributed by atoms with Crippen molar-refractivity contribution in [3.63, 3.8) is 0 Å². The van der Waals surface area contributed by atoms with Gasteiger partial charge >= 0.3 is 6.03 Å². The van der Waals surface area contributed by atoms with Crippen LogP contribution in [-0.2, 0) is 11.3 Å². The number of thioether (sulfide) groups is 1. The molecule has 0 aliphatic rings. The molecule has 3 amide bonds. The van der Waals surface area contributed by atoms with Crippen LogP contribution in [0.5, 0.6) is 0 Å². The average Bonchev–Trinajstić information content (AvgIpc) is 3.53. The molecule has 35 heavy (non-hydrogen) atoms. The molecular formula is C25H26N6O3S. The van der Waals surface area contributed by atoms with E-state index in [1.807, 2.05) is 66.9 Å². The Labute approximate surface area is 207 Å². The highest BCUT2D eigenvalue weighted by Crippen LogP contribution is 2.24. The Bertz CT molecular complexity index is 1260. The van der Waals surface area contributed by atoms with Gasteiger partial charge in [-0.15, -0.1) is 10.2 Å². The van der Waals surface area contributed by atoms with E-state index >= 15 is 0 Å². The zero-order valence-corrected chi connectivity index (χ0v) is 20.2. The third-order valence-corrected chi connectivity index (χ3v) is 6.15. The summed E-state index contributed by atoms with van der Waals surface area (Å²) in [5.74, 6) is 1.37. The van der Waals surface area contributed by atoms with Crippen molar-refractivity contribution in [1.29, 1.82) is 0 Å². The molecule has 0 radical (unpaired) electrons. The molecule has 0 fully saturated rings. The highest BCUT2D eigenvalue weighted by molar-refractivity contribution is 7.99. The van der Waals surface area contributed by atoms with Crippen molar-refractivity contribution in [2.45, 2.75) is 31.6 Å². The first-order valence-electron chi connectivity index (χ1n) is 11.2. The van der Waals surface area contributed by atoms with E-state index in [0.29, 0.717) is 34.7 Å². The number of carbonyl (C=O) groups excluding carboxylic acids is 2. The van der Waals surface area contributed by atoms with Crippen LogP contribution < -0.4 is 16.0 Å². The first-order chi connectivity index (χ1) is 17.0. The van der Waals surface area contributed by atoms with E-state index in [0.717, 1.165) is 5.56 Å². The van der Waals surface area contributed by atoms with Gasteiger partial charge in [0, 0.05) is 17.9 Å². The van der Waals surface area contributed by atoms with E-state index in [9.17, 15) is 9.59 Å². The molecule has 0 saturated heterocycles. The Balaban J connectivity index is 1.27. The van der Waals surface area contributed by atoms with Crippen molar-refractivity contribution in [2.24, 2.45) is 0 Å². The SMILES string of the molecule is CCn1c(SCC(=O)NC(C)c2ccc(NC(=O)Nc3ccccc3)cc2)nnc1-c1ccco1. The highest BCUT2D eigenvalue weighted by Gasteiger charge is 2.17. The molecule has 0 aliphatic heterocycles. The Hall–Kier alpha value is -4.05. The van der Waals surface area contributed by atoms with Gasteiger partial charge in [-0.2, -0.15) is 0 Å². The molecule has 3 N–H and O–H groups in total. The van der Waals surface area contributed by atoms with Crippen molar-refractivity contribution in [2.75, 3.05) is 16.4 Å². The number of hydrogen-bond donors (Lipinski definition) is 3. The molecule has 4 aromatic rings. The van der Waals surface area contributed by atoms with E-state index in [4.69, 9.17) is 4.42 Å². The van der Waals surface area contributed by atoms with Gasteiger partial charge < -0.3 is 20.4 Å². The summed E-state index contributed by atoms with van der Waals surface area (Å²) >= 11 is 1.33. The average molecular weight is 491 g/mol. The third-order valence-electron chi connectivity index (χ3n) is 5.18. The number of furan rings is 1. The van der Waals surface area contributed by atoms with Crippen molar-refractivity contribution in [1.82, 2.24) is 20.1 Å². The molecule has 0 spiro atoms. The molecule has 9 nitrogen and oxygen atoms in total. The Kier molecular flexibility index (Phi) is 7.84. The van der Waals surface area contributed by atoms with Crippen molar-refractivity contribution in [3.05, 3.63) is 78.6 Å². The minimum Gasteiger partial charge on any atom is -0.461 e. The summed E-state index contributed by atoms with van der Waals surface area (Å²) < 4.78 is 7.34. The Morgan fingerprint density at radius 2 is 1.69 bits per heavy atom. The summed E-state index contributed by atoms with van der Waals surface area (Å²) in [5.41, 5.74) is 2.29. The maximum absolute atomic E-state index is 12.5. The zero-order chi connectivity index (χ0) is 24.6. The van der Waals surface area contributed by atoms with Gasteiger partial charge in [-0.3, -0.25) is 9.36 Å². The molecule has 0 aliphatic carbocycles. The predicted molar refractivity (Wildman–Crippen MR) is 136 cm³/mol. The van der Waals surface area contributed by atoms with Gasteiger partial charge in [0.2, 0.25) is 5.91 Å². The van der Waals surface area contributed by atoms with Crippen LogP contribution in [0, 0.1) is 0 Å².